The second kappa shape index (κ2) is 9.03. The van der Waals surface area contributed by atoms with Crippen LogP contribution < -0.4 is 9.47 Å². The standard InChI is InChI=1S/C19H25N3O3/c1-21(2)17(12-14-24-18-7-5-6-13-20-18)15-8-10-16(11-9-15)25-19(23)22(3)4/h5-11,13,17H,12,14H2,1-4H3. The monoisotopic (exact) mass is 343 g/mol. The summed E-state index contributed by atoms with van der Waals surface area (Å²) >= 11 is 0. The van der Waals surface area contributed by atoms with E-state index in [1.807, 2.05) is 56.6 Å². The molecule has 1 aromatic heterocycles. The van der Waals surface area contributed by atoms with Gasteiger partial charge in [0.2, 0.25) is 5.88 Å². The van der Waals surface area contributed by atoms with E-state index in [-0.39, 0.29) is 12.1 Å². The third-order valence-electron chi connectivity index (χ3n) is 3.74. The number of carbonyl (C=O) groups excluding carboxylic acids is 1. The lowest BCUT2D eigenvalue weighted by molar-refractivity contribution is 0.172. The van der Waals surface area contributed by atoms with E-state index in [1.54, 1.807) is 20.3 Å². The number of carbonyl (C=O) groups is 1. The van der Waals surface area contributed by atoms with Crippen molar-refractivity contribution in [2.75, 3.05) is 34.8 Å². The van der Waals surface area contributed by atoms with E-state index in [0.717, 1.165) is 12.0 Å². The Bertz CT molecular complexity index is 657. The molecule has 2 aromatic rings. The lowest BCUT2D eigenvalue weighted by atomic mass is 10.0. The summed E-state index contributed by atoms with van der Waals surface area (Å²) in [5.74, 6) is 1.16. The van der Waals surface area contributed by atoms with Crippen LogP contribution in [0.3, 0.4) is 0 Å². The van der Waals surface area contributed by atoms with E-state index in [4.69, 9.17) is 9.47 Å². The van der Waals surface area contributed by atoms with Gasteiger partial charge in [0.25, 0.3) is 0 Å². The van der Waals surface area contributed by atoms with Gasteiger partial charge in [-0.25, -0.2) is 9.78 Å². The molecule has 0 aliphatic heterocycles. The first-order chi connectivity index (χ1) is 12.0. The number of ether oxygens (including phenoxy) is 2. The van der Waals surface area contributed by atoms with Crippen molar-refractivity contribution in [1.29, 1.82) is 0 Å². The summed E-state index contributed by atoms with van der Waals surface area (Å²) in [7, 11) is 7.37. The molecule has 25 heavy (non-hydrogen) atoms. The van der Waals surface area contributed by atoms with Crippen molar-refractivity contribution in [3.8, 4) is 11.6 Å². The Morgan fingerprint density at radius 1 is 1.08 bits per heavy atom. The largest absolute Gasteiger partial charge is 0.478 e. The third-order valence-corrected chi connectivity index (χ3v) is 3.74. The van der Waals surface area contributed by atoms with Gasteiger partial charge >= 0.3 is 6.09 Å². The van der Waals surface area contributed by atoms with Gasteiger partial charge in [-0.05, 0) is 37.9 Å². The number of benzene rings is 1. The molecular weight excluding hydrogens is 318 g/mol. The van der Waals surface area contributed by atoms with E-state index < -0.39 is 0 Å². The number of nitrogens with zero attached hydrogens (tertiary/aromatic N) is 3. The summed E-state index contributed by atoms with van der Waals surface area (Å²) in [5, 5.41) is 0. The highest BCUT2D eigenvalue weighted by atomic mass is 16.6. The van der Waals surface area contributed by atoms with Crippen LogP contribution in [-0.2, 0) is 0 Å². The number of hydrogen-bond acceptors (Lipinski definition) is 5. The maximum absolute atomic E-state index is 11.6. The second-order valence-corrected chi connectivity index (χ2v) is 6.12. The minimum absolute atomic E-state index is 0.197. The average molecular weight is 343 g/mol. The quantitative estimate of drug-likeness (QED) is 0.773. The Hall–Kier alpha value is -2.60. The molecule has 134 valence electrons. The fourth-order valence-electron chi connectivity index (χ4n) is 2.38. The molecule has 6 heteroatoms. The average Bonchev–Trinajstić information content (AvgIpc) is 2.60. The summed E-state index contributed by atoms with van der Waals surface area (Å²) in [6.07, 6.45) is 2.15. The first-order valence-electron chi connectivity index (χ1n) is 8.16. The van der Waals surface area contributed by atoms with E-state index in [2.05, 4.69) is 9.88 Å². The number of aromatic nitrogens is 1. The van der Waals surface area contributed by atoms with E-state index in [1.165, 1.54) is 4.90 Å². The molecular formula is C19H25N3O3. The molecule has 0 N–H and O–H groups in total. The Morgan fingerprint density at radius 2 is 1.80 bits per heavy atom. The zero-order valence-corrected chi connectivity index (χ0v) is 15.2. The van der Waals surface area contributed by atoms with Crippen molar-refractivity contribution in [3.05, 3.63) is 54.2 Å². The van der Waals surface area contributed by atoms with Crippen molar-refractivity contribution >= 4 is 6.09 Å². The molecule has 0 spiro atoms. The Balaban J connectivity index is 1.96. The van der Waals surface area contributed by atoms with Crippen LogP contribution in [-0.4, -0.2) is 55.7 Å². The number of amides is 1. The minimum atomic E-state index is -0.388. The number of hydrogen-bond donors (Lipinski definition) is 0. The lowest BCUT2D eigenvalue weighted by Gasteiger charge is -2.25. The van der Waals surface area contributed by atoms with Crippen LogP contribution in [0.1, 0.15) is 18.0 Å². The maximum atomic E-state index is 11.6. The molecule has 0 saturated carbocycles. The maximum Gasteiger partial charge on any atom is 0.414 e. The molecule has 0 radical (unpaired) electrons. The van der Waals surface area contributed by atoms with Crippen molar-refractivity contribution in [1.82, 2.24) is 14.8 Å². The van der Waals surface area contributed by atoms with Crippen molar-refractivity contribution in [3.63, 3.8) is 0 Å². The predicted octanol–water partition coefficient (Wildman–Crippen LogP) is 3.21. The van der Waals surface area contributed by atoms with Gasteiger partial charge < -0.3 is 19.3 Å². The fraction of sp³-hybridized carbons (Fsp3) is 0.368. The molecule has 0 saturated heterocycles. The Morgan fingerprint density at radius 3 is 2.36 bits per heavy atom. The molecule has 6 nitrogen and oxygen atoms in total. The van der Waals surface area contributed by atoms with Crippen LogP contribution in [0, 0.1) is 0 Å². The highest BCUT2D eigenvalue weighted by Crippen LogP contribution is 2.24. The first kappa shape index (κ1) is 18.7. The fourth-order valence-corrected chi connectivity index (χ4v) is 2.38. The molecule has 1 unspecified atom stereocenters. The van der Waals surface area contributed by atoms with Gasteiger partial charge in [-0.15, -0.1) is 0 Å². The molecule has 1 aromatic carbocycles. The highest BCUT2D eigenvalue weighted by molar-refractivity contribution is 5.69. The summed E-state index contributed by atoms with van der Waals surface area (Å²) < 4.78 is 10.9. The summed E-state index contributed by atoms with van der Waals surface area (Å²) in [5.41, 5.74) is 1.14. The molecule has 0 aliphatic rings. The van der Waals surface area contributed by atoms with Crippen LogP contribution >= 0.6 is 0 Å². The Kier molecular flexibility index (Phi) is 6.77. The molecule has 0 aliphatic carbocycles. The lowest BCUT2D eigenvalue weighted by Crippen LogP contribution is -2.25. The predicted molar refractivity (Wildman–Crippen MR) is 96.9 cm³/mol. The smallest absolute Gasteiger partial charge is 0.414 e. The van der Waals surface area contributed by atoms with Crippen molar-refractivity contribution in [2.45, 2.75) is 12.5 Å². The molecule has 2 rings (SSSR count). The second-order valence-electron chi connectivity index (χ2n) is 6.12. The molecule has 1 atom stereocenters. The normalized spacial score (nSPS) is 11.9. The van der Waals surface area contributed by atoms with Crippen LogP contribution in [0.5, 0.6) is 11.6 Å². The van der Waals surface area contributed by atoms with Crippen LogP contribution in [0.25, 0.3) is 0 Å². The zero-order valence-electron chi connectivity index (χ0n) is 15.2. The SMILES string of the molecule is CN(C)C(=O)Oc1ccc(C(CCOc2ccccn2)N(C)C)cc1. The highest BCUT2D eigenvalue weighted by Gasteiger charge is 2.15. The summed E-state index contributed by atoms with van der Waals surface area (Å²) in [4.78, 5) is 19.3. The topological polar surface area (TPSA) is 54.9 Å². The first-order valence-corrected chi connectivity index (χ1v) is 8.16. The van der Waals surface area contributed by atoms with Crippen LogP contribution in [0.4, 0.5) is 4.79 Å². The van der Waals surface area contributed by atoms with Gasteiger partial charge in [-0.3, -0.25) is 0 Å². The van der Waals surface area contributed by atoms with Crippen molar-refractivity contribution in [2.24, 2.45) is 0 Å². The van der Waals surface area contributed by atoms with Gasteiger partial charge in [0.1, 0.15) is 5.75 Å². The van der Waals surface area contributed by atoms with E-state index in [0.29, 0.717) is 18.2 Å². The Labute approximate surface area is 149 Å². The van der Waals surface area contributed by atoms with Gasteiger partial charge in [-0.2, -0.15) is 0 Å². The minimum Gasteiger partial charge on any atom is -0.478 e. The third kappa shape index (κ3) is 5.76. The molecule has 1 heterocycles. The van der Waals surface area contributed by atoms with E-state index in [9.17, 15) is 4.79 Å². The van der Waals surface area contributed by atoms with Crippen LogP contribution in [0.15, 0.2) is 48.7 Å². The van der Waals surface area contributed by atoms with Crippen LogP contribution in [0.2, 0.25) is 0 Å². The summed E-state index contributed by atoms with van der Waals surface area (Å²) in [6.45, 7) is 0.567. The van der Waals surface area contributed by atoms with Gasteiger partial charge in [-0.1, -0.05) is 18.2 Å². The van der Waals surface area contributed by atoms with E-state index >= 15 is 0 Å². The van der Waals surface area contributed by atoms with Gasteiger partial charge in [0, 0.05) is 38.8 Å². The van der Waals surface area contributed by atoms with Gasteiger partial charge in [0.05, 0.1) is 6.61 Å². The molecule has 0 bridgehead atoms. The molecule has 1 amide bonds. The zero-order chi connectivity index (χ0) is 18.2. The molecule has 0 fully saturated rings. The number of pyridine rings is 1. The number of rotatable bonds is 7. The van der Waals surface area contributed by atoms with Gasteiger partial charge in [0.15, 0.2) is 0 Å². The summed E-state index contributed by atoms with van der Waals surface area (Å²) in [6, 6.07) is 13.4. The van der Waals surface area contributed by atoms with Crippen molar-refractivity contribution < 1.29 is 14.3 Å².